The van der Waals surface area contributed by atoms with Crippen molar-refractivity contribution in [3.05, 3.63) is 74.3 Å². The summed E-state index contributed by atoms with van der Waals surface area (Å²) in [6, 6.07) is 10.1. The number of nitro benzene ring substituents is 2. The molecule has 1 N–H and O–H groups in total. The summed E-state index contributed by atoms with van der Waals surface area (Å²) in [7, 11) is 0. The van der Waals surface area contributed by atoms with E-state index in [0.29, 0.717) is 20.9 Å². The molecule has 0 aliphatic rings. The van der Waals surface area contributed by atoms with Crippen LogP contribution in [-0.2, 0) is 4.79 Å². The minimum absolute atomic E-state index is 0.0513. The van der Waals surface area contributed by atoms with E-state index in [2.05, 4.69) is 10.3 Å². The average molecular weight is 370 g/mol. The Bertz CT molecular complexity index is 1060. The van der Waals surface area contributed by atoms with Gasteiger partial charge in [-0.15, -0.1) is 0 Å². The van der Waals surface area contributed by atoms with Gasteiger partial charge >= 0.3 is 0 Å². The fourth-order valence-corrected chi connectivity index (χ4v) is 3.04. The molecule has 1 amide bonds. The zero-order valence-corrected chi connectivity index (χ0v) is 13.8. The van der Waals surface area contributed by atoms with Gasteiger partial charge in [0.2, 0.25) is 5.91 Å². The van der Waals surface area contributed by atoms with E-state index in [1.54, 1.807) is 6.07 Å². The number of carbonyl (C=O) groups is 1. The highest BCUT2D eigenvalue weighted by atomic mass is 32.1. The largest absolute Gasteiger partial charge is 0.298 e. The number of carbonyl (C=O) groups excluding carboxylic acids is 1. The number of nitro groups is 2. The zero-order valence-electron chi connectivity index (χ0n) is 13.0. The SMILES string of the molecule is O=C(C=Cc1cccc([N+](=O)[O-])c1)Nc1nc2ccc([N+](=O)[O-])cc2s1. The standard InChI is InChI=1S/C16H10N4O5S/c21-15(7-4-10-2-1-3-11(8-10)19(22)23)18-16-17-13-6-5-12(20(24)25)9-14(13)26-16/h1-9H,(H,17,18,21). The zero-order chi connectivity index (χ0) is 18.7. The van der Waals surface area contributed by atoms with Crippen LogP contribution in [0.4, 0.5) is 16.5 Å². The van der Waals surface area contributed by atoms with Gasteiger partial charge in [0.15, 0.2) is 5.13 Å². The normalized spacial score (nSPS) is 10.9. The third-order valence-electron chi connectivity index (χ3n) is 3.32. The molecule has 3 rings (SSSR count). The molecule has 9 nitrogen and oxygen atoms in total. The maximum Gasteiger partial charge on any atom is 0.270 e. The Morgan fingerprint density at radius 3 is 2.54 bits per heavy atom. The predicted molar refractivity (Wildman–Crippen MR) is 97.0 cm³/mol. The van der Waals surface area contributed by atoms with Gasteiger partial charge in [-0.1, -0.05) is 23.5 Å². The highest BCUT2D eigenvalue weighted by molar-refractivity contribution is 7.22. The Kier molecular flexibility index (Phi) is 4.67. The topological polar surface area (TPSA) is 128 Å². The van der Waals surface area contributed by atoms with Crippen LogP contribution in [0.2, 0.25) is 0 Å². The Balaban J connectivity index is 1.73. The van der Waals surface area contributed by atoms with Crippen molar-refractivity contribution in [2.45, 2.75) is 0 Å². The number of nitrogens with zero attached hydrogens (tertiary/aromatic N) is 3. The van der Waals surface area contributed by atoms with Crippen molar-refractivity contribution in [3.63, 3.8) is 0 Å². The van der Waals surface area contributed by atoms with Crippen molar-refractivity contribution >= 4 is 50.0 Å². The number of aromatic nitrogens is 1. The number of non-ortho nitro benzene ring substituents is 2. The van der Waals surface area contributed by atoms with Crippen LogP contribution in [0.5, 0.6) is 0 Å². The summed E-state index contributed by atoms with van der Waals surface area (Å²) in [6.07, 6.45) is 2.67. The summed E-state index contributed by atoms with van der Waals surface area (Å²) in [6.45, 7) is 0. The summed E-state index contributed by atoms with van der Waals surface area (Å²) >= 11 is 1.11. The first kappa shape index (κ1) is 17.2. The van der Waals surface area contributed by atoms with Gasteiger partial charge in [0.25, 0.3) is 11.4 Å². The van der Waals surface area contributed by atoms with E-state index in [-0.39, 0.29) is 11.4 Å². The van der Waals surface area contributed by atoms with Crippen LogP contribution in [0.1, 0.15) is 5.56 Å². The molecule has 0 radical (unpaired) electrons. The van der Waals surface area contributed by atoms with Gasteiger partial charge in [0, 0.05) is 30.3 Å². The van der Waals surface area contributed by atoms with Crippen LogP contribution in [0.3, 0.4) is 0 Å². The van der Waals surface area contributed by atoms with Crippen LogP contribution in [0, 0.1) is 20.2 Å². The molecule has 0 spiro atoms. The van der Waals surface area contributed by atoms with Crippen LogP contribution in [0.25, 0.3) is 16.3 Å². The lowest BCUT2D eigenvalue weighted by molar-refractivity contribution is -0.385. The number of hydrogen-bond acceptors (Lipinski definition) is 7. The Morgan fingerprint density at radius 1 is 1.08 bits per heavy atom. The van der Waals surface area contributed by atoms with E-state index < -0.39 is 15.8 Å². The lowest BCUT2D eigenvalue weighted by Gasteiger charge is -1.96. The third kappa shape index (κ3) is 3.87. The highest BCUT2D eigenvalue weighted by Gasteiger charge is 2.11. The predicted octanol–water partition coefficient (Wildman–Crippen LogP) is 3.76. The van der Waals surface area contributed by atoms with Crippen molar-refractivity contribution in [1.29, 1.82) is 0 Å². The molecular formula is C16H10N4O5S. The first-order chi connectivity index (χ1) is 12.4. The number of amides is 1. The molecule has 0 aliphatic heterocycles. The van der Waals surface area contributed by atoms with Gasteiger partial charge in [-0.05, 0) is 17.7 Å². The third-order valence-corrected chi connectivity index (χ3v) is 4.25. The maximum atomic E-state index is 12.0. The molecular weight excluding hydrogens is 360 g/mol. The number of anilines is 1. The summed E-state index contributed by atoms with van der Waals surface area (Å²) < 4.78 is 0.581. The molecule has 10 heteroatoms. The summed E-state index contributed by atoms with van der Waals surface area (Å²) in [5.74, 6) is -0.468. The lowest BCUT2D eigenvalue weighted by atomic mass is 10.2. The number of benzene rings is 2. The van der Waals surface area contributed by atoms with E-state index in [4.69, 9.17) is 0 Å². The summed E-state index contributed by atoms with van der Waals surface area (Å²) in [5, 5.41) is 24.4. The Morgan fingerprint density at radius 2 is 1.81 bits per heavy atom. The molecule has 0 saturated carbocycles. The van der Waals surface area contributed by atoms with Crippen molar-refractivity contribution in [2.75, 3.05) is 5.32 Å². The molecule has 0 atom stereocenters. The van der Waals surface area contributed by atoms with E-state index in [9.17, 15) is 25.0 Å². The van der Waals surface area contributed by atoms with Crippen LogP contribution in [-0.4, -0.2) is 20.7 Å². The van der Waals surface area contributed by atoms with E-state index in [1.807, 2.05) is 0 Å². The number of nitrogens with one attached hydrogen (secondary N) is 1. The van der Waals surface area contributed by atoms with Gasteiger partial charge in [-0.2, -0.15) is 0 Å². The number of hydrogen-bond donors (Lipinski definition) is 1. The molecule has 0 aliphatic carbocycles. The minimum Gasteiger partial charge on any atom is -0.298 e. The number of fused-ring (bicyclic) bond motifs is 1. The fraction of sp³-hybridized carbons (Fsp3) is 0. The molecule has 130 valence electrons. The summed E-state index contributed by atoms with van der Waals surface area (Å²) in [4.78, 5) is 36.7. The lowest BCUT2D eigenvalue weighted by Crippen LogP contribution is -2.07. The van der Waals surface area contributed by atoms with Gasteiger partial charge in [0.05, 0.1) is 20.1 Å². The molecule has 2 aromatic carbocycles. The first-order valence-electron chi connectivity index (χ1n) is 7.21. The average Bonchev–Trinajstić information content (AvgIpc) is 3.01. The van der Waals surface area contributed by atoms with Crippen LogP contribution < -0.4 is 5.32 Å². The Hall–Kier alpha value is -3.66. The molecule has 0 fully saturated rings. The van der Waals surface area contributed by atoms with E-state index >= 15 is 0 Å². The summed E-state index contributed by atoms with van der Waals surface area (Å²) in [5.41, 5.74) is 0.928. The van der Waals surface area contributed by atoms with E-state index in [0.717, 1.165) is 11.3 Å². The first-order valence-corrected chi connectivity index (χ1v) is 8.02. The smallest absolute Gasteiger partial charge is 0.270 e. The Labute approximate surface area is 149 Å². The fourth-order valence-electron chi connectivity index (χ4n) is 2.14. The number of thiazole rings is 1. The van der Waals surface area contributed by atoms with Gasteiger partial charge in [0.1, 0.15) is 0 Å². The van der Waals surface area contributed by atoms with Crippen molar-refractivity contribution in [1.82, 2.24) is 4.98 Å². The molecule has 26 heavy (non-hydrogen) atoms. The minimum atomic E-state index is -0.516. The van der Waals surface area contributed by atoms with Crippen LogP contribution >= 0.6 is 11.3 Å². The molecule has 0 unspecified atom stereocenters. The molecule has 1 aromatic heterocycles. The highest BCUT2D eigenvalue weighted by Crippen LogP contribution is 2.29. The second kappa shape index (κ2) is 7.07. The van der Waals surface area contributed by atoms with Gasteiger partial charge < -0.3 is 0 Å². The van der Waals surface area contributed by atoms with E-state index in [1.165, 1.54) is 48.6 Å². The van der Waals surface area contributed by atoms with Crippen molar-refractivity contribution in [2.24, 2.45) is 0 Å². The molecule has 1 heterocycles. The maximum absolute atomic E-state index is 12.0. The quantitative estimate of drug-likeness (QED) is 0.413. The monoisotopic (exact) mass is 370 g/mol. The molecule has 0 bridgehead atoms. The molecule has 0 saturated heterocycles. The van der Waals surface area contributed by atoms with Gasteiger partial charge in [-0.25, -0.2) is 4.98 Å². The van der Waals surface area contributed by atoms with Gasteiger partial charge in [-0.3, -0.25) is 30.3 Å². The number of rotatable bonds is 5. The van der Waals surface area contributed by atoms with Crippen molar-refractivity contribution in [3.8, 4) is 0 Å². The molecule has 3 aromatic rings. The second-order valence-electron chi connectivity index (χ2n) is 5.10. The second-order valence-corrected chi connectivity index (χ2v) is 6.13. The van der Waals surface area contributed by atoms with Crippen LogP contribution in [0.15, 0.2) is 48.5 Å². The van der Waals surface area contributed by atoms with Crippen molar-refractivity contribution < 1.29 is 14.6 Å².